The first-order chi connectivity index (χ1) is 5.07. The third-order valence-electron chi connectivity index (χ3n) is 2.23. The molecule has 0 amide bonds. The number of thiocarbonyl (C=S) groups is 1. The molecule has 0 saturated carbocycles. The van der Waals surface area contributed by atoms with Gasteiger partial charge in [-0.25, -0.2) is 0 Å². The van der Waals surface area contributed by atoms with E-state index in [2.05, 4.69) is 20.8 Å². The van der Waals surface area contributed by atoms with E-state index in [-0.39, 0.29) is 0 Å². The fraction of sp³-hybridized carbons (Fsp3) is 0.889. The van der Waals surface area contributed by atoms with Crippen LogP contribution in [0.4, 0.5) is 0 Å². The van der Waals surface area contributed by atoms with Crippen molar-refractivity contribution in [1.29, 1.82) is 0 Å². The SMILES string of the molecule is CCC(CCC(N)=S)C(C)C. The Labute approximate surface area is 75.4 Å². The van der Waals surface area contributed by atoms with Crippen LogP contribution >= 0.6 is 12.2 Å². The van der Waals surface area contributed by atoms with E-state index >= 15 is 0 Å². The zero-order chi connectivity index (χ0) is 8.85. The Bertz CT molecular complexity index is 121. The Kier molecular flexibility index (Phi) is 5.47. The van der Waals surface area contributed by atoms with E-state index < -0.39 is 0 Å². The molecule has 0 aliphatic carbocycles. The van der Waals surface area contributed by atoms with E-state index in [0.717, 1.165) is 24.7 Å². The van der Waals surface area contributed by atoms with Gasteiger partial charge in [0.2, 0.25) is 0 Å². The van der Waals surface area contributed by atoms with Gasteiger partial charge in [-0.3, -0.25) is 0 Å². The first-order valence-electron chi connectivity index (χ1n) is 4.36. The van der Waals surface area contributed by atoms with Crippen LogP contribution in [0.1, 0.15) is 40.0 Å². The number of nitrogens with two attached hydrogens (primary N) is 1. The molecular weight excluding hydrogens is 154 g/mol. The van der Waals surface area contributed by atoms with Crippen LogP contribution in [-0.2, 0) is 0 Å². The lowest BCUT2D eigenvalue weighted by Crippen LogP contribution is -2.13. The van der Waals surface area contributed by atoms with Gasteiger partial charge in [0.1, 0.15) is 0 Å². The number of rotatable bonds is 5. The first kappa shape index (κ1) is 10.9. The molecule has 1 unspecified atom stereocenters. The molecule has 66 valence electrons. The summed E-state index contributed by atoms with van der Waals surface area (Å²) in [5, 5.41) is 0. The minimum Gasteiger partial charge on any atom is -0.393 e. The zero-order valence-corrected chi connectivity index (χ0v) is 8.58. The molecule has 2 N–H and O–H groups in total. The summed E-state index contributed by atoms with van der Waals surface area (Å²) in [5.41, 5.74) is 5.43. The van der Waals surface area contributed by atoms with Crippen LogP contribution in [0, 0.1) is 11.8 Å². The van der Waals surface area contributed by atoms with E-state index in [1.165, 1.54) is 6.42 Å². The van der Waals surface area contributed by atoms with Crippen molar-refractivity contribution in [1.82, 2.24) is 0 Å². The minimum absolute atomic E-state index is 0.657. The number of hydrogen-bond donors (Lipinski definition) is 1. The molecule has 0 spiro atoms. The van der Waals surface area contributed by atoms with Gasteiger partial charge < -0.3 is 5.73 Å². The van der Waals surface area contributed by atoms with Crippen molar-refractivity contribution < 1.29 is 0 Å². The lowest BCUT2D eigenvalue weighted by atomic mass is 9.89. The minimum atomic E-state index is 0.657. The molecule has 0 bridgehead atoms. The van der Waals surface area contributed by atoms with Crippen molar-refractivity contribution in [2.24, 2.45) is 17.6 Å². The van der Waals surface area contributed by atoms with Gasteiger partial charge in [0.05, 0.1) is 4.99 Å². The average Bonchev–Trinajstić information content (AvgIpc) is 1.87. The molecule has 2 heteroatoms. The Balaban J connectivity index is 3.61. The Hall–Kier alpha value is -0.110. The van der Waals surface area contributed by atoms with Crippen molar-refractivity contribution in [2.45, 2.75) is 40.0 Å². The van der Waals surface area contributed by atoms with Gasteiger partial charge >= 0.3 is 0 Å². The first-order valence-corrected chi connectivity index (χ1v) is 4.77. The van der Waals surface area contributed by atoms with Crippen LogP contribution in [0.3, 0.4) is 0 Å². The lowest BCUT2D eigenvalue weighted by Gasteiger charge is -2.17. The van der Waals surface area contributed by atoms with Crippen LogP contribution < -0.4 is 5.73 Å². The maximum absolute atomic E-state index is 5.43. The monoisotopic (exact) mass is 173 g/mol. The summed E-state index contributed by atoms with van der Waals surface area (Å²) >= 11 is 4.83. The van der Waals surface area contributed by atoms with E-state index in [4.69, 9.17) is 18.0 Å². The molecule has 0 radical (unpaired) electrons. The Morgan fingerprint density at radius 1 is 1.45 bits per heavy atom. The van der Waals surface area contributed by atoms with Gasteiger partial charge in [-0.1, -0.05) is 39.4 Å². The smallest absolute Gasteiger partial charge is 0.0727 e. The summed E-state index contributed by atoms with van der Waals surface area (Å²) in [5.74, 6) is 1.55. The van der Waals surface area contributed by atoms with Gasteiger partial charge in [-0.15, -0.1) is 0 Å². The highest BCUT2D eigenvalue weighted by Crippen LogP contribution is 2.20. The Morgan fingerprint density at radius 2 is 2.00 bits per heavy atom. The molecule has 0 aromatic carbocycles. The van der Waals surface area contributed by atoms with Gasteiger partial charge in [0.25, 0.3) is 0 Å². The highest BCUT2D eigenvalue weighted by Gasteiger charge is 2.10. The predicted octanol–water partition coefficient (Wildman–Crippen LogP) is 2.73. The van der Waals surface area contributed by atoms with Gasteiger partial charge in [0, 0.05) is 0 Å². The van der Waals surface area contributed by atoms with Crippen LogP contribution in [0.15, 0.2) is 0 Å². The summed E-state index contributed by atoms with van der Waals surface area (Å²) in [6.07, 6.45) is 3.30. The van der Waals surface area contributed by atoms with E-state index in [0.29, 0.717) is 4.99 Å². The van der Waals surface area contributed by atoms with Gasteiger partial charge in [-0.05, 0) is 24.7 Å². The topological polar surface area (TPSA) is 26.0 Å². The Morgan fingerprint density at radius 3 is 2.27 bits per heavy atom. The quantitative estimate of drug-likeness (QED) is 0.647. The molecule has 0 aromatic rings. The molecule has 0 rings (SSSR count). The van der Waals surface area contributed by atoms with E-state index in [9.17, 15) is 0 Å². The van der Waals surface area contributed by atoms with Crippen LogP contribution in [0.5, 0.6) is 0 Å². The normalized spacial score (nSPS) is 13.5. The summed E-state index contributed by atoms with van der Waals surface area (Å²) < 4.78 is 0. The highest BCUT2D eigenvalue weighted by atomic mass is 32.1. The fourth-order valence-electron chi connectivity index (χ4n) is 1.34. The van der Waals surface area contributed by atoms with E-state index in [1.807, 2.05) is 0 Å². The molecular formula is C9H19NS. The van der Waals surface area contributed by atoms with Gasteiger partial charge in [-0.2, -0.15) is 0 Å². The third kappa shape index (κ3) is 5.19. The molecule has 0 aromatic heterocycles. The summed E-state index contributed by atoms with van der Waals surface area (Å²) in [7, 11) is 0. The summed E-state index contributed by atoms with van der Waals surface area (Å²) in [6.45, 7) is 6.74. The third-order valence-corrected chi connectivity index (χ3v) is 2.43. The lowest BCUT2D eigenvalue weighted by molar-refractivity contribution is 0.355. The second-order valence-corrected chi connectivity index (χ2v) is 3.94. The summed E-state index contributed by atoms with van der Waals surface area (Å²) in [6, 6.07) is 0. The molecule has 0 aliphatic heterocycles. The molecule has 0 aliphatic rings. The van der Waals surface area contributed by atoms with Crippen LogP contribution in [-0.4, -0.2) is 4.99 Å². The fourth-order valence-corrected chi connectivity index (χ4v) is 1.45. The standard InChI is InChI=1S/C9H19NS/c1-4-8(7(2)3)5-6-9(10)11/h7-8H,4-6H2,1-3H3,(H2,10,11). The van der Waals surface area contributed by atoms with E-state index in [1.54, 1.807) is 0 Å². The molecule has 0 fully saturated rings. The van der Waals surface area contributed by atoms with Crippen molar-refractivity contribution in [3.63, 3.8) is 0 Å². The highest BCUT2D eigenvalue weighted by molar-refractivity contribution is 7.80. The van der Waals surface area contributed by atoms with Gasteiger partial charge in [0.15, 0.2) is 0 Å². The molecule has 11 heavy (non-hydrogen) atoms. The largest absolute Gasteiger partial charge is 0.393 e. The van der Waals surface area contributed by atoms with Crippen molar-refractivity contribution in [2.75, 3.05) is 0 Å². The second-order valence-electron chi connectivity index (χ2n) is 3.42. The average molecular weight is 173 g/mol. The zero-order valence-electron chi connectivity index (χ0n) is 7.76. The van der Waals surface area contributed by atoms with Crippen LogP contribution in [0.25, 0.3) is 0 Å². The predicted molar refractivity (Wildman–Crippen MR) is 54.6 cm³/mol. The van der Waals surface area contributed by atoms with Crippen molar-refractivity contribution >= 4 is 17.2 Å². The molecule has 0 heterocycles. The molecule has 0 saturated heterocycles. The maximum atomic E-state index is 5.43. The molecule has 1 nitrogen and oxygen atoms in total. The summed E-state index contributed by atoms with van der Waals surface area (Å²) in [4.78, 5) is 0.657. The second kappa shape index (κ2) is 5.53. The number of hydrogen-bond acceptors (Lipinski definition) is 1. The molecule has 1 atom stereocenters. The van der Waals surface area contributed by atoms with Crippen LogP contribution in [0.2, 0.25) is 0 Å². The van der Waals surface area contributed by atoms with Crippen molar-refractivity contribution in [3.8, 4) is 0 Å². The van der Waals surface area contributed by atoms with Crippen molar-refractivity contribution in [3.05, 3.63) is 0 Å². The maximum Gasteiger partial charge on any atom is 0.0727 e.